The number of carboxylic acid groups (broad SMARTS) is 1. The highest BCUT2D eigenvalue weighted by molar-refractivity contribution is 6.33. The van der Waals surface area contributed by atoms with Crippen LogP contribution in [-0.4, -0.2) is 24.0 Å². The average molecular weight is 424 g/mol. The Hall–Kier alpha value is -3.64. The van der Waals surface area contributed by atoms with Gasteiger partial charge in [-0.3, -0.25) is 4.79 Å². The van der Waals surface area contributed by atoms with Gasteiger partial charge in [-0.2, -0.15) is 0 Å². The second-order valence-electron chi connectivity index (χ2n) is 6.60. The highest BCUT2D eigenvalue weighted by atomic mass is 35.5. The lowest BCUT2D eigenvalue weighted by molar-refractivity contribution is 0.0697. The van der Waals surface area contributed by atoms with Crippen molar-refractivity contribution in [1.82, 2.24) is 5.32 Å². The molecule has 0 fully saturated rings. The summed E-state index contributed by atoms with van der Waals surface area (Å²) in [6.07, 6.45) is 0. The van der Waals surface area contributed by atoms with Crippen molar-refractivity contribution in [1.29, 1.82) is 0 Å². The maximum Gasteiger partial charge on any atom is 0.337 e. The van der Waals surface area contributed by atoms with E-state index in [1.54, 1.807) is 36.4 Å². The van der Waals surface area contributed by atoms with E-state index in [1.807, 2.05) is 0 Å². The average Bonchev–Trinajstić information content (AvgIpc) is 3.12. The number of carbonyl (C=O) groups excluding carboxylic acids is 1. The fourth-order valence-corrected chi connectivity index (χ4v) is 3.50. The Bertz CT molecular complexity index is 1290. The van der Waals surface area contributed by atoms with E-state index in [1.165, 1.54) is 31.3 Å². The molecule has 0 aliphatic carbocycles. The van der Waals surface area contributed by atoms with Crippen molar-refractivity contribution in [2.45, 2.75) is 0 Å². The van der Waals surface area contributed by atoms with Crippen molar-refractivity contribution in [3.05, 3.63) is 82.6 Å². The van der Waals surface area contributed by atoms with Crippen molar-refractivity contribution in [2.24, 2.45) is 0 Å². The summed E-state index contributed by atoms with van der Waals surface area (Å²) in [5.41, 5.74) is 2.66. The molecular weight excluding hydrogens is 409 g/mol. The first-order chi connectivity index (χ1) is 14.4. The summed E-state index contributed by atoms with van der Waals surface area (Å²) in [5.74, 6) is -1.55. The molecule has 5 nitrogen and oxygen atoms in total. The van der Waals surface area contributed by atoms with Crippen LogP contribution in [0.15, 0.2) is 65.1 Å². The topological polar surface area (TPSA) is 79.5 Å². The summed E-state index contributed by atoms with van der Waals surface area (Å²) >= 11 is 5.97. The molecule has 0 spiro atoms. The lowest BCUT2D eigenvalue weighted by atomic mass is 9.99. The van der Waals surface area contributed by atoms with Crippen LogP contribution in [-0.2, 0) is 0 Å². The number of carboxylic acids is 1. The molecule has 4 rings (SSSR count). The van der Waals surface area contributed by atoms with Gasteiger partial charge in [0.05, 0.1) is 16.1 Å². The second kappa shape index (κ2) is 7.65. The zero-order valence-corrected chi connectivity index (χ0v) is 16.5. The molecule has 0 saturated carbocycles. The third-order valence-electron chi connectivity index (χ3n) is 4.78. The summed E-state index contributed by atoms with van der Waals surface area (Å²) in [4.78, 5) is 24.1. The Labute approximate surface area is 175 Å². The molecule has 150 valence electrons. The molecule has 1 aromatic heterocycles. The number of aromatic carboxylic acids is 1. The van der Waals surface area contributed by atoms with Crippen LogP contribution in [0, 0.1) is 5.82 Å². The third kappa shape index (κ3) is 3.42. The SMILES string of the molecule is CNC(=O)c1c(-c2ccc(F)cc2)oc2ccc(-c3ccc(Cl)c(C(=O)O)c3)cc12. The van der Waals surface area contributed by atoms with E-state index >= 15 is 0 Å². The summed E-state index contributed by atoms with van der Waals surface area (Å²) in [6.45, 7) is 0. The molecule has 3 aromatic carbocycles. The molecule has 0 bridgehead atoms. The van der Waals surface area contributed by atoms with Gasteiger partial charge < -0.3 is 14.8 Å². The fourth-order valence-electron chi connectivity index (χ4n) is 3.30. The third-order valence-corrected chi connectivity index (χ3v) is 5.11. The van der Waals surface area contributed by atoms with Gasteiger partial charge >= 0.3 is 5.97 Å². The maximum atomic E-state index is 13.3. The van der Waals surface area contributed by atoms with Gasteiger partial charge in [-0.15, -0.1) is 0 Å². The predicted octanol–water partition coefficient (Wildman–Crippen LogP) is 5.62. The number of hydrogen-bond donors (Lipinski definition) is 2. The van der Waals surface area contributed by atoms with Crippen LogP contribution in [0.2, 0.25) is 5.02 Å². The molecule has 0 atom stereocenters. The van der Waals surface area contributed by atoms with E-state index in [9.17, 15) is 19.1 Å². The van der Waals surface area contributed by atoms with Crippen LogP contribution in [0.3, 0.4) is 0 Å². The molecule has 0 aliphatic rings. The summed E-state index contributed by atoms with van der Waals surface area (Å²) in [6, 6.07) is 15.6. The normalized spacial score (nSPS) is 10.9. The second-order valence-corrected chi connectivity index (χ2v) is 7.01. The molecule has 7 heteroatoms. The first kappa shape index (κ1) is 19.7. The first-order valence-electron chi connectivity index (χ1n) is 8.97. The van der Waals surface area contributed by atoms with Crippen LogP contribution in [0.5, 0.6) is 0 Å². The Kier molecular flexibility index (Phi) is 5.01. The van der Waals surface area contributed by atoms with Gasteiger partial charge in [0.1, 0.15) is 17.2 Å². The number of furan rings is 1. The molecule has 0 aliphatic heterocycles. The molecule has 30 heavy (non-hydrogen) atoms. The van der Waals surface area contributed by atoms with Gasteiger partial charge in [0.25, 0.3) is 5.91 Å². The molecule has 0 unspecified atom stereocenters. The lowest BCUT2D eigenvalue weighted by Gasteiger charge is -2.06. The van der Waals surface area contributed by atoms with Crippen molar-refractivity contribution < 1.29 is 23.5 Å². The quantitative estimate of drug-likeness (QED) is 0.446. The highest BCUT2D eigenvalue weighted by Gasteiger charge is 2.22. The molecule has 2 N–H and O–H groups in total. The smallest absolute Gasteiger partial charge is 0.337 e. The molecule has 0 saturated heterocycles. The van der Waals surface area contributed by atoms with Crippen molar-refractivity contribution >= 4 is 34.4 Å². The van der Waals surface area contributed by atoms with Crippen molar-refractivity contribution in [3.8, 4) is 22.5 Å². The molecule has 4 aromatic rings. The van der Waals surface area contributed by atoms with E-state index in [0.29, 0.717) is 39.0 Å². The highest BCUT2D eigenvalue weighted by Crippen LogP contribution is 2.36. The first-order valence-corrected chi connectivity index (χ1v) is 9.34. The molecule has 1 amide bonds. The van der Waals surface area contributed by atoms with E-state index in [0.717, 1.165) is 0 Å². The zero-order chi connectivity index (χ0) is 21.4. The summed E-state index contributed by atoms with van der Waals surface area (Å²) in [7, 11) is 1.51. The fraction of sp³-hybridized carbons (Fsp3) is 0.0435. The maximum absolute atomic E-state index is 13.3. The van der Waals surface area contributed by atoms with Gasteiger partial charge in [0, 0.05) is 18.0 Å². The molecular formula is C23H15ClFNO4. The monoisotopic (exact) mass is 423 g/mol. The minimum absolute atomic E-state index is 0.0139. The van der Waals surface area contributed by atoms with Gasteiger partial charge in [0.2, 0.25) is 0 Å². The Balaban J connectivity index is 1.92. The van der Waals surface area contributed by atoms with Crippen LogP contribution in [0.1, 0.15) is 20.7 Å². The summed E-state index contributed by atoms with van der Waals surface area (Å²) < 4.78 is 19.3. The van der Waals surface area contributed by atoms with Crippen LogP contribution >= 0.6 is 11.6 Å². The Morgan fingerprint density at radius 2 is 1.60 bits per heavy atom. The van der Waals surface area contributed by atoms with E-state index in [4.69, 9.17) is 16.0 Å². The largest absolute Gasteiger partial charge is 0.478 e. The summed E-state index contributed by atoms with van der Waals surface area (Å²) in [5, 5.41) is 12.6. The number of fused-ring (bicyclic) bond motifs is 1. The number of nitrogens with one attached hydrogen (secondary N) is 1. The predicted molar refractivity (Wildman–Crippen MR) is 112 cm³/mol. The number of carbonyl (C=O) groups is 2. The Morgan fingerprint density at radius 3 is 2.27 bits per heavy atom. The standard InChI is InChI=1S/C23H15ClFNO4/c1-26-22(27)20-17-11-14(13-4-8-18(24)16(10-13)23(28)29)5-9-19(17)30-21(20)12-2-6-15(25)7-3-12/h2-11H,1H3,(H,26,27)(H,28,29). The number of halogens is 2. The molecule has 0 radical (unpaired) electrons. The minimum atomic E-state index is -1.13. The van der Waals surface area contributed by atoms with Gasteiger partial charge in [-0.05, 0) is 59.7 Å². The van der Waals surface area contributed by atoms with Crippen LogP contribution in [0.4, 0.5) is 4.39 Å². The van der Waals surface area contributed by atoms with E-state index in [-0.39, 0.29) is 16.5 Å². The lowest BCUT2D eigenvalue weighted by Crippen LogP contribution is -2.18. The Morgan fingerprint density at radius 1 is 0.967 bits per heavy atom. The van der Waals surface area contributed by atoms with Crippen LogP contribution < -0.4 is 5.32 Å². The van der Waals surface area contributed by atoms with E-state index < -0.39 is 11.8 Å². The van der Waals surface area contributed by atoms with Crippen LogP contribution in [0.25, 0.3) is 33.4 Å². The van der Waals surface area contributed by atoms with Crippen molar-refractivity contribution in [3.63, 3.8) is 0 Å². The number of hydrogen-bond acceptors (Lipinski definition) is 3. The van der Waals surface area contributed by atoms with E-state index in [2.05, 4.69) is 5.32 Å². The zero-order valence-electron chi connectivity index (χ0n) is 15.7. The van der Waals surface area contributed by atoms with Gasteiger partial charge in [0.15, 0.2) is 0 Å². The minimum Gasteiger partial charge on any atom is -0.478 e. The van der Waals surface area contributed by atoms with Crippen molar-refractivity contribution in [2.75, 3.05) is 7.05 Å². The number of benzene rings is 3. The number of amides is 1. The molecule has 1 heterocycles. The van der Waals surface area contributed by atoms with Gasteiger partial charge in [-0.1, -0.05) is 23.7 Å². The number of rotatable bonds is 4. The van der Waals surface area contributed by atoms with Gasteiger partial charge in [-0.25, -0.2) is 9.18 Å².